The number of likely N-dealkylation sites (N-methyl/N-ethyl adjacent to an activating group) is 1. The second-order valence-electron chi connectivity index (χ2n) is 5.79. The van der Waals surface area contributed by atoms with E-state index in [2.05, 4.69) is 38.8 Å². The van der Waals surface area contributed by atoms with Crippen LogP contribution in [0.3, 0.4) is 0 Å². The molecule has 3 heteroatoms. The highest BCUT2D eigenvalue weighted by atomic mass is 16.5. The molecule has 0 aliphatic carbocycles. The Morgan fingerprint density at radius 3 is 2.40 bits per heavy atom. The molecule has 0 amide bonds. The van der Waals surface area contributed by atoms with Gasteiger partial charge in [0.2, 0.25) is 0 Å². The van der Waals surface area contributed by atoms with Crippen LogP contribution in [0.5, 0.6) is 5.75 Å². The summed E-state index contributed by atoms with van der Waals surface area (Å²) in [7, 11) is 2.15. The van der Waals surface area contributed by atoms with Gasteiger partial charge in [0.1, 0.15) is 12.4 Å². The summed E-state index contributed by atoms with van der Waals surface area (Å²) in [5, 5.41) is 8.62. The van der Waals surface area contributed by atoms with E-state index in [9.17, 15) is 0 Å². The minimum Gasteiger partial charge on any atom is -0.492 e. The van der Waals surface area contributed by atoms with Crippen LogP contribution < -0.4 is 4.74 Å². The summed E-state index contributed by atoms with van der Waals surface area (Å²) in [6.45, 7) is 8.38. The molecule has 0 bridgehead atoms. The molecule has 110 valence electrons. The largest absolute Gasteiger partial charge is 0.492 e. The molecule has 1 unspecified atom stereocenters. The maximum absolute atomic E-state index is 8.62. The van der Waals surface area contributed by atoms with Crippen LogP contribution in [0.1, 0.15) is 32.8 Å². The second kappa shape index (κ2) is 8.60. The molecular formula is C17H26N2O. The van der Waals surface area contributed by atoms with Crippen LogP contribution >= 0.6 is 0 Å². The first-order valence-electron chi connectivity index (χ1n) is 7.32. The molecule has 1 aromatic carbocycles. The van der Waals surface area contributed by atoms with E-state index in [0.717, 1.165) is 23.8 Å². The van der Waals surface area contributed by atoms with Crippen molar-refractivity contribution < 1.29 is 4.74 Å². The van der Waals surface area contributed by atoms with E-state index < -0.39 is 0 Å². The lowest BCUT2D eigenvalue weighted by atomic mass is 10.0. The molecule has 0 saturated heterocycles. The molecule has 20 heavy (non-hydrogen) atoms. The van der Waals surface area contributed by atoms with Crippen LogP contribution in [0.2, 0.25) is 0 Å². The van der Waals surface area contributed by atoms with Crippen LogP contribution in [-0.2, 0) is 6.42 Å². The fourth-order valence-electron chi connectivity index (χ4n) is 2.18. The van der Waals surface area contributed by atoms with Gasteiger partial charge < -0.3 is 9.64 Å². The molecule has 0 N–H and O–H groups in total. The first-order valence-corrected chi connectivity index (χ1v) is 7.32. The lowest BCUT2D eigenvalue weighted by molar-refractivity contribution is 0.184. The molecule has 1 rings (SSSR count). The average molecular weight is 274 g/mol. The second-order valence-corrected chi connectivity index (χ2v) is 5.79. The van der Waals surface area contributed by atoms with Gasteiger partial charge in [0, 0.05) is 12.6 Å². The summed E-state index contributed by atoms with van der Waals surface area (Å²) in [6.07, 6.45) is 1.66. The van der Waals surface area contributed by atoms with E-state index in [-0.39, 0.29) is 0 Å². The Morgan fingerprint density at radius 1 is 1.20 bits per heavy atom. The van der Waals surface area contributed by atoms with E-state index in [1.807, 2.05) is 24.3 Å². The molecule has 0 spiro atoms. The van der Waals surface area contributed by atoms with Crippen molar-refractivity contribution in [2.45, 2.75) is 39.7 Å². The molecular weight excluding hydrogens is 248 g/mol. The quantitative estimate of drug-likeness (QED) is 0.728. The Labute approximate surface area is 123 Å². The molecule has 0 aromatic heterocycles. The standard InChI is InChI=1S/C17H26N2O/c1-14(2)13-15(3)19(4)11-12-20-17-7-5-16(6-8-17)9-10-18/h5-8,14-15H,9,11-13H2,1-4H3. The van der Waals surface area contributed by atoms with E-state index in [4.69, 9.17) is 10.00 Å². The Kier molecular flexibility index (Phi) is 7.11. The number of hydrogen-bond acceptors (Lipinski definition) is 3. The van der Waals surface area contributed by atoms with Gasteiger partial charge in [-0.15, -0.1) is 0 Å². The number of benzene rings is 1. The van der Waals surface area contributed by atoms with E-state index >= 15 is 0 Å². The van der Waals surface area contributed by atoms with E-state index in [1.165, 1.54) is 6.42 Å². The van der Waals surface area contributed by atoms with E-state index in [1.54, 1.807) is 0 Å². The van der Waals surface area contributed by atoms with Crippen molar-refractivity contribution in [2.24, 2.45) is 5.92 Å². The maximum Gasteiger partial charge on any atom is 0.119 e. The van der Waals surface area contributed by atoms with Crippen LogP contribution in [0.15, 0.2) is 24.3 Å². The third kappa shape index (κ3) is 6.08. The highest BCUT2D eigenvalue weighted by Crippen LogP contribution is 2.13. The zero-order valence-corrected chi connectivity index (χ0v) is 13.1. The first kappa shape index (κ1) is 16.5. The molecule has 0 fully saturated rings. The Balaban J connectivity index is 2.31. The summed E-state index contributed by atoms with van der Waals surface area (Å²) >= 11 is 0. The average Bonchev–Trinajstić information content (AvgIpc) is 2.40. The first-order chi connectivity index (χ1) is 9.52. The van der Waals surface area contributed by atoms with Gasteiger partial charge in [0.15, 0.2) is 0 Å². The lowest BCUT2D eigenvalue weighted by Crippen LogP contribution is -2.33. The molecule has 1 atom stereocenters. The monoisotopic (exact) mass is 274 g/mol. The Bertz CT molecular complexity index is 420. The van der Waals surface area contributed by atoms with Gasteiger partial charge in [-0.25, -0.2) is 0 Å². The van der Waals surface area contributed by atoms with Crippen LogP contribution in [0.4, 0.5) is 0 Å². The van der Waals surface area contributed by atoms with Gasteiger partial charge in [0.25, 0.3) is 0 Å². The molecule has 0 aliphatic rings. The third-order valence-electron chi connectivity index (χ3n) is 3.48. The molecule has 0 radical (unpaired) electrons. The van der Waals surface area contributed by atoms with Crippen LogP contribution in [0, 0.1) is 17.2 Å². The van der Waals surface area contributed by atoms with Gasteiger partial charge in [-0.05, 0) is 44.0 Å². The molecule has 0 heterocycles. The fourth-order valence-corrected chi connectivity index (χ4v) is 2.18. The summed E-state index contributed by atoms with van der Waals surface area (Å²) in [5.74, 6) is 1.60. The highest BCUT2D eigenvalue weighted by molar-refractivity contribution is 5.28. The molecule has 0 aliphatic heterocycles. The summed E-state index contributed by atoms with van der Waals surface area (Å²) < 4.78 is 5.74. The van der Waals surface area contributed by atoms with Crippen molar-refractivity contribution >= 4 is 0 Å². The van der Waals surface area contributed by atoms with Gasteiger partial charge in [-0.1, -0.05) is 26.0 Å². The SMILES string of the molecule is CC(C)CC(C)N(C)CCOc1ccc(CC#N)cc1. The fraction of sp³-hybridized carbons (Fsp3) is 0.588. The maximum atomic E-state index is 8.62. The van der Waals surface area contributed by atoms with Crippen molar-refractivity contribution in [2.75, 3.05) is 20.2 Å². The van der Waals surface area contributed by atoms with Crippen molar-refractivity contribution in [3.8, 4) is 11.8 Å². The number of rotatable bonds is 8. The van der Waals surface area contributed by atoms with Crippen molar-refractivity contribution in [1.29, 1.82) is 5.26 Å². The van der Waals surface area contributed by atoms with E-state index in [0.29, 0.717) is 19.1 Å². The summed E-state index contributed by atoms with van der Waals surface area (Å²) in [5.41, 5.74) is 1.03. The summed E-state index contributed by atoms with van der Waals surface area (Å²) in [6, 6.07) is 10.5. The van der Waals surface area contributed by atoms with Crippen LogP contribution in [0.25, 0.3) is 0 Å². The molecule has 3 nitrogen and oxygen atoms in total. The normalized spacial score (nSPS) is 12.4. The zero-order valence-electron chi connectivity index (χ0n) is 13.1. The molecule has 0 saturated carbocycles. The lowest BCUT2D eigenvalue weighted by Gasteiger charge is -2.26. The smallest absolute Gasteiger partial charge is 0.119 e. The molecule has 1 aromatic rings. The summed E-state index contributed by atoms with van der Waals surface area (Å²) in [4.78, 5) is 2.34. The number of hydrogen-bond donors (Lipinski definition) is 0. The third-order valence-corrected chi connectivity index (χ3v) is 3.48. The minimum absolute atomic E-state index is 0.454. The Morgan fingerprint density at radius 2 is 1.85 bits per heavy atom. The van der Waals surface area contributed by atoms with Crippen LogP contribution in [-0.4, -0.2) is 31.1 Å². The minimum atomic E-state index is 0.454. The van der Waals surface area contributed by atoms with Crippen molar-refractivity contribution in [3.05, 3.63) is 29.8 Å². The topological polar surface area (TPSA) is 36.3 Å². The van der Waals surface area contributed by atoms with Gasteiger partial charge in [-0.2, -0.15) is 5.26 Å². The van der Waals surface area contributed by atoms with Gasteiger partial charge in [-0.3, -0.25) is 0 Å². The predicted molar refractivity (Wildman–Crippen MR) is 82.8 cm³/mol. The van der Waals surface area contributed by atoms with Crippen molar-refractivity contribution in [1.82, 2.24) is 4.90 Å². The Hall–Kier alpha value is -1.53. The number of nitriles is 1. The van der Waals surface area contributed by atoms with Crippen molar-refractivity contribution in [3.63, 3.8) is 0 Å². The highest BCUT2D eigenvalue weighted by Gasteiger charge is 2.10. The van der Waals surface area contributed by atoms with Gasteiger partial charge in [0.05, 0.1) is 12.5 Å². The zero-order chi connectivity index (χ0) is 15.0. The van der Waals surface area contributed by atoms with Gasteiger partial charge >= 0.3 is 0 Å². The number of nitrogens with zero attached hydrogens (tertiary/aromatic N) is 2. The predicted octanol–water partition coefficient (Wildman–Crippen LogP) is 3.50. The number of ether oxygens (including phenoxy) is 1.